The normalized spacial score (nSPS) is 15.9. The summed E-state index contributed by atoms with van der Waals surface area (Å²) in [4.78, 5) is 46.2. The summed E-state index contributed by atoms with van der Waals surface area (Å²) in [6.45, 7) is 4.31. The molecule has 0 unspecified atom stereocenters. The van der Waals surface area contributed by atoms with E-state index in [2.05, 4.69) is 30.1 Å². The summed E-state index contributed by atoms with van der Waals surface area (Å²) < 4.78 is 56.2. The van der Waals surface area contributed by atoms with Crippen molar-refractivity contribution in [2.24, 2.45) is 0 Å². The second-order valence-electron chi connectivity index (χ2n) is 9.52. The number of hydrogen-bond acceptors (Lipinski definition) is 11. The van der Waals surface area contributed by atoms with E-state index in [0.717, 1.165) is 11.1 Å². The number of carbonyl (C=O) groups excluding carboxylic acids is 1. The second kappa shape index (κ2) is 14.4. The van der Waals surface area contributed by atoms with Crippen molar-refractivity contribution in [1.29, 1.82) is 0 Å². The number of aromatic nitrogens is 3. The molecular formula is C24H28F2N7Na2O7P. The molecule has 1 aromatic carbocycles. The molecule has 2 aliphatic rings. The topological polar surface area (TPSA) is 171 Å². The number of nitrogens with one attached hydrogen (secondary N) is 2. The molecule has 4 heterocycles. The Morgan fingerprint density at radius 2 is 1.79 bits per heavy atom. The van der Waals surface area contributed by atoms with E-state index in [0.29, 0.717) is 37.7 Å². The Morgan fingerprint density at radius 1 is 1.07 bits per heavy atom. The van der Waals surface area contributed by atoms with E-state index >= 15 is 0 Å². The maximum absolute atomic E-state index is 14.8. The van der Waals surface area contributed by atoms with Gasteiger partial charge in [0.15, 0.2) is 28.8 Å². The van der Waals surface area contributed by atoms with Crippen LogP contribution in [0.25, 0.3) is 0 Å². The molecule has 1 fully saturated rings. The molecule has 1 amide bonds. The molecule has 0 aliphatic carbocycles. The fraction of sp³-hybridized carbons (Fsp3) is 0.333. The number of anilines is 6. The van der Waals surface area contributed by atoms with Crippen LogP contribution in [0.15, 0.2) is 36.5 Å². The van der Waals surface area contributed by atoms with Gasteiger partial charge in [-0.1, -0.05) is 0 Å². The standard InChI is InChI=1S/C24H26F2N7O7P.2Na.2H/c1-24(2)22(34)33(13-39-41(35,36)37)21-18(40-24)5-6-19(30-21)29-20-16(26)12-27-23(31-20)28-14-3-4-17(15(25)11-14)32-7-9-38-10-8-32;;;;/h3-6,11-12H,7-10,13H2,1-2H3,(H2,35,36,37)(H2,27,28,29,30,31);;;;. The van der Waals surface area contributed by atoms with E-state index in [1.54, 1.807) is 12.1 Å². The third-order valence-electron chi connectivity index (χ3n) is 6.12. The van der Waals surface area contributed by atoms with Gasteiger partial charge in [0.25, 0.3) is 5.91 Å². The van der Waals surface area contributed by atoms with Crippen molar-refractivity contribution < 1.29 is 41.9 Å². The zero-order chi connectivity index (χ0) is 29.4. The number of rotatable bonds is 8. The van der Waals surface area contributed by atoms with Gasteiger partial charge in [0.2, 0.25) is 5.95 Å². The number of morpholine rings is 1. The van der Waals surface area contributed by atoms with Gasteiger partial charge in [0.1, 0.15) is 18.4 Å². The number of hydrogen-bond donors (Lipinski definition) is 4. The van der Waals surface area contributed by atoms with Crippen LogP contribution in [0.3, 0.4) is 0 Å². The van der Waals surface area contributed by atoms with E-state index in [9.17, 15) is 18.1 Å². The molecule has 19 heteroatoms. The SMILES string of the molecule is CC1(C)Oc2ccc(Nc3nc(Nc4ccc(N5CCOCC5)c(F)c4)ncc3F)nc2N(COP(=O)(O)O)C1=O.[NaH].[NaH]. The Bertz CT molecular complexity index is 1530. The molecule has 5 rings (SSSR count). The first kappa shape index (κ1) is 35.5. The monoisotopic (exact) mass is 641 g/mol. The molecule has 0 saturated carbocycles. The minimum absolute atomic E-state index is 0. The van der Waals surface area contributed by atoms with Crippen LogP contribution in [0, 0.1) is 11.6 Å². The van der Waals surface area contributed by atoms with Crippen LogP contribution >= 0.6 is 7.82 Å². The molecule has 1 saturated heterocycles. The maximum atomic E-state index is 14.8. The number of amides is 1. The Balaban J connectivity index is 0.00000253. The minimum atomic E-state index is -4.92. The number of ether oxygens (including phenoxy) is 2. The average Bonchev–Trinajstić information content (AvgIpc) is 2.91. The Hall–Kier alpha value is -1.95. The quantitative estimate of drug-likeness (QED) is 0.207. The molecule has 14 nitrogen and oxygen atoms in total. The molecule has 4 N–H and O–H groups in total. The summed E-state index contributed by atoms with van der Waals surface area (Å²) in [6.07, 6.45) is 0.907. The van der Waals surface area contributed by atoms with Gasteiger partial charge >= 0.3 is 66.9 Å². The van der Waals surface area contributed by atoms with Crippen LogP contribution in [0.2, 0.25) is 0 Å². The second-order valence-corrected chi connectivity index (χ2v) is 10.8. The van der Waals surface area contributed by atoms with Crippen molar-refractivity contribution in [3.8, 4) is 5.75 Å². The zero-order valence-corrected chi connectivity index (χ0v) is 22.8. The van der Waals surface area contributed by atoms with E-state index in [-0.39, 0.29) is 88.3 Å². The van der Waals surface area contributed by atoms with Gasteiger partial charge in [-0.05, 0) is 44.2 Å². The molecule has 0 atom stereocenters. The number of nitrogens with zero attached hydrogens (tertiary/aromatic N) is 5. The van der Waals surface area contributed by atoms with E-state index in [4.69, 9.17) is 19.3 Å². The van der Waals surface area contributed by atoms with Crippen LogP contribution in [0.5, 0.6) is 5.75 Å². The molecule has 222 valence electrons. The molecule has 0 radical (unpaired) electrons. The summed E-state index contributed by atoms with van der Waals surface area (Å²) >= 11 is 0. The van der Waals surface area contributed by atoms with Gasteiger partial charge < -0.3 is 34.8 Å². The van der Waals surface area contributed by atoms with Crippen LogP contribution < -0.4 is 25.2 Å². The fourth-order valence-corrected chi connectivity index (χ4v) is 4.45. The Morgan fingerprint density at radius 3 is 2.47 bits per heavy atom. The number of halogens is 2. The summed E-state index contributed by atoms with van der Waals surface area (Å²) in [7, 11) is -4.92. The van der Waals surface area contributed by atoms with Gasteiger partial charge in [0.05, 0.1) is 25.1 Å². The van der Waals surface area contributed by atoms with Gasteiger partial charge in [-0.15, -0.1) is 0 Å². The predicted octanol–water partition coefficient (Wildman–Crippen LogP) is 1.75. The molecule has 2 aromatic heterocycles. The van der Waals surface area contributed by atoms with Crippen molar-refractivity contribution in [2.45, 2.75) is 19.4 Å². The third-order valence-corrected chi connectivity index (χ3v) is 6.57. The molecule has 2 aliphatic heterocycles. The van der Waals surface area contributed by atoms with Crippen molar-refractivity contribution in [1.82, 2.24) is 15.0 Å². The predicted molar refractivity (Wildman–Crippen MR) is 157 cm³/mol. The number of fused-ring (bicyclic) bond motifs is 1. The molecule has 3 aromatic rings. The Kier molecular flexibility index (Phi) is 11.9. The first-order valence-electron chi connectivity index (χ1n) is 12.3. The van der Waals surface area contributed by atoms with E-state index in [1.165, 1.54) is 32.0 Å². The average molecular weight is 641 g/mol. The summed E-state index contributed by atoms with van der Waals surface area (Å²) in [5.41, 5.74) is -0.602. The number of carbonyl (C=O) groups is 1. The van der Waals surface area contributed by atoms with Crippen molar-refractivity contribution in [3.63, 3.8) is 0 Å². The molecular weight excluding hydrogens is 613 g/mol. The zero-order valence-electron chi connectivity index (χ0n) is 21.9. The molecule has 0 bridgehead atoms. The van der Waals surface area contributed by atoms with Gasteiger partial charge in [-0.3, -0.25) is 14.2 Å². The summed E-state index contributed by atoms with van der Waals surface area (Å²) in [5, 5.41) is 5.52. The van der Waals surface area contributed by atoms with Gasteiger partial charge in [-0.2, -0.15) is 4.98 Å². The first-order chi connectivity index (χ1) is 19.4. The molecule has 0 spiro atoms. The number of pyridine rings is 1. The van der Waals surface area contributed by atoms with E-state index in [1.807, 2.05) is 4.90 Å². The third kappa shape index (κ3) is 8.61. The number of phosphoric ester groups is 1. The fourth-order valence-electron chi connectivity index (χ4n) is 4.18. The van der Waals surface area contributed by atoms with Crippen LogP contribution in [0.1, 0.15) is 13.8 Å². The van der Waals surface area contributed by atoms with Crippen molar-refractivity contribution in [3.05, 3.63) is 48.2 Å². The number of phosphoric acid groups is 1. The van der Waals surface area contributed by atoms with Crippen LogP contribution in [-0.2, 0) is 18.6 Å². The first-order valence-corrected chi connectivity index (χ1v) is 13.8. The van der Waals surface area contributed by atoms with Crippen LogP contribution in [0.4, 0.5) is 43.6 Å². The number of benzene rings is 1. The van der Waals surface area contributed by atoms with E-state index < -0.39 is 37.7 Å². The van der Waals surface area contributed by atoms with Gasteiger partial charge in [0, 0.05) is 18.8 Å². The van der Waals surface area contributed by atoms with Crippen molar-refractivity contribution in [2.75, 3.05) is 53.5 Å². The van der Waals surface area contributed by atoms with Crippen molar-refractivity contribution >= 4 is 108 Å². The molecule has 43 heavy (non-hydrogen) atoms. The summed E-state index contributed by atoms with van der Waals surface area (Å²) in [5.74, 6) is -2.26. The summed E-state index contributed by atoms with van der Waals surface area (Å²) in [6, 6.07) is 7.42. The van der Waals surface area contributed by atoms with Crippen LogP contribution in [-0.4, -0.2) is 128 Å². The Labute approximate surface area is 289 Å². The van der Waals surface area contributed by atoms with Gasteiger partial charge in [-0.25, -0.2) is 23.3 Å².